The molecule has 0 saturated carbocycles. The fourth-order valence-electron chi connectivity index (χ4n) is 1.80. The van der Waals surface area contributed by atoms with Crippen molar-refractivity contribution >= 4 is 0 Å². The highest BCUT2D eigenvalue weighted by Gasteiger charge is 2.06. The second-order valence-electron chi connectivity index (χ2n) is 4.44. The number of nitrogens with one attached hydrogen (secondary N) is 1. The summed E-state index contributed by atoms with van der Waals surface area (Å²) in [7, 11) is 1.89. The van der Waals surface area contributed by atoms with Crippen LogP contribution in [0, 0.1) is 19.7 Å². The molecule has 0 unspecified atom stereocenters. The average molecular weight is 260 g/mol. The highest BCUT2D eigenvalue weighted by Crippen LogP contribution is 2.25. The molecular formula is C15H17FN2O. The van der Waals surface area contributed by atoms with Crippen LogP contribution < -0.4 is 10.1 Å². The monoisotopic (exact) mass is 260 g/mol. The molecule has 0 radical (unpaired) electrons. The Kier molecular flexibility index (Phi) is 4.12. The van der Waals surface area contributed by atoms with Crippen LogP contribution in [0.4, 0.5) is 4.39 Å². The maximum atomic E-state index is 13.2. The summed E-state index contributed by atoms with van der Waals surface area (Å²) in [4.78, 5) is 4.37. The highest BCUT2D eigenvalue weighted by atomic mass is 19.1. The van der Waals surface area contributed by atoms with Gasteiger partial charge in [-0.15, -0.1) is 0 Å². The van der Waals surface area contributed by atoms with E-state index in [0.717, 1.165) is 23.4 Å². The van der Waals surface area contributed by atoms with E-state index in [4.69, 9.17) is 4.74 Å². The molecule has 0 bridgehead atoms. The second kappa shape index (κ2) is 5.80. The molecule has 3 nitrogen and oxygen atoms in total. The maximum absolute atomic E-state index is 13.2. The molecule has 0 aliphatic heterocycles. The van der Waals surface area contributed by atoms with Crippen molar-refractivity contribution in [1.82, 2.24) is 10.3 Å². The van der Waals surface area contributed by atoms with Crippen LogP contribution in [-0.4, -0.2) is 12.0 Å². The van der Waals surface area contributed by atoms with Gasteiger partial charge < -0.3 is 10.1 Å². The van der Waals surface area contributed by atoms with Crippen LogP contribution in [0.3, 0.4) is 0 Å². The van der Waals surface area contributed by atoms with Crippen LogP contribution in [-0.2, 0) is 6.54 Å². The molecule has 1 heterocycles. The molecule has 19 heavy (non-hydrogen) atoms. The molecular weight excluding hydrogens is 243 g/mol. The average Bonchev–Trinajstić information content (AvgIpc) is 2.37. The molecule has 4 heteroatoms. The zero-order valence-corrected chi connectivity index (χ0v) is 11.3. The Labute approximate surface area is 112 Å². The highest BCUT2D eigenvalue weighted by molar-refractivity contribution is 5.36. The number of ether oxygens (including phenoxy) is 1. The van der Waals surface area contributed by atoms with E-state index in [0.29, 0.717) is 11.6 Å². The molecule has 1 aromatic heterocycles. The Morgan fingerprint density at radius 1 is 1.21 bits per heavy atom. The number of nitrogens with zero attached hydrogens (tertiary/aromatic N) is 1. The summed E-state index contributed by atoms with van der Waals surface area (Å²) in [6.45, 7) is 4.56. The quantitative estimate of drug-likeness (QED) is 0.915. The number of aryl methyl sites for hydroxylation is 2. The molecule has 0 saturated heterocycles. The Morgan fingerprint density at radius 2 is 2.00 bits per heavy atom. The summed E-state index contributed by atoms with van der Waals surface area (Å²) < 4.78 is 18.8. The predicted molar refractivity (Wildman–Crippen MR) is 72.9 cm³/mol. The van der Waals surface area contributed by atoms with Gasteiger partial charge in [0.25, 0.3) is 0 Å². The van der Waals surface area contributed by atoms with Crippen molar-refractivity contribution in [2.24, 2.45) is 0 Å². The number of pyridine rings is 1. The summed E-state index contributed by atoms with van der Waals surface area (Å²) in [5.41, 5.74) is 2.90. The van der Waals surface area contributed by atoms with Gasteiger partial charge in [-0.3, -0.25) is 0 Å². The molecule has 1 N–H and O–H groups in total. The Balaban J connectivity index is 2.24. The van der Waals surface area contributed by atoms with E-state index in [-0.39, 0.29) is 5.82 Å². The molecule has 1 aromatic carbocycles. The third kappa shape index (κ3) is 3.29. The van der Waals surface area contributed by atoms with Crippen LogP contribution in [0.1, 0.15) is 16.8 Å². The number of benzene rings is 1. The third-order valence-corrected chi connectivity index (χ3v) is 2.90. The van der Waals surface area contributed by atoms with E-state index in [1.165, 1.54) is 12.1 Å². The zero-order chi connectivity index (χ0) is 13.8. The zero-order valence-electron chi connectivity index (χ0n) is 11.3. The number of hydrogen-bond acceptors (Lipinski definition) is 3. The van der Waals surface area contributed by atoms with Crippen LogP contribution in [0.15, 0.2) is 30.3 Å². The maximum Gasteiger partial charge on any atom is 0.219 e. The number of halogens is 1. The molecule has 0 spiro atoms. The van der Waals surface area contributed by atoms with Gasteiger partial charge in [0.15, 0.2) is 0 Å². The summed E-state index contributed by atoms with van der Waals surface area (Å²) in [6.07, 6.45) is 0. The van der Waals surface area contributed by atoms with Crippen LogP contribution in [0.2, 0.25) is 0 Å². The summed E-state index contributed by atoms with van der Waals surface area (Å²) in [5, 5.41) is 3.08. The fraction of sp³-hybridized carbons (Fsp3) is 0.267. The van der Waals surface area contributed by atoms with E-state index >= 15 is 0 Å². The first-order valence-corrected chi connectivity index (χ1v) is 6.15. The van der Waals surface area contributed by atoms with E-state index in [2.05, 4.69) is 10.3 Å². The summed E-state index contributed by atoms with van der Waals surface area (Å²) in [6, 6.07) is 8.23. The minimum atomic E-state index is -0.316. The Morgan fingerprint density at radius 3 is 2.68 bits per heavy atom. The van der Waals surface area contributed by atoms with Crippen molar-refractivity contribution in [3.05, 3.63) is 53.0 Å². The van der Waals surface area contributed by atoms with Crippen molar-refractivity contribution in [3.63, 3.8) is 0 Å². The van der Waals surface area contributed by atoms with Gasteiger partial charge in [-0.2, -0.15) is 0 Å². The first-order valence-electron chi connectivity index (χ1n) is 6.15. The Hall–Kier alpha value is -1.94. The van der Waals surface area contributed by atoms with Crippen LogP contribution in [0.5, 0.6) is 11.6 Å². The molecule has 0 aliphatic rings. The lowest BCUT2D eigenvalue weighted by molar-refractivity contribution is 0.452. The smallest absolute Gasteiger partial charge is 0.219 e. The van der Waals surface area contributed by atoms with Crippen molar-refractivity contribution in [1.29, 1.82) is 0 Å². The van der Waals surface area contributed by atoms with Gasteiger partial charge in [0.1, 0.15) is 11.6 Å². The standard InChI is InChI=1S/C15H17FN2O/c1-10-4-6-13(16)8-14(10)19-15-7-5-12(9-17-3)11(2)18-15/h4-8,17H,9H2,1-3H3. The third-order valence-electron chi connectivity index (χ3n) is 2.90. The van der Waals surface area contributed by atoms with E-state index in [1.807, 2.05) is 27.0 Å². The summed E-state index contributed by atoms with van der Waals surface area (Å²) in [5.74, 6) is 0.656. The minimum absolute atomic E-state index is 0.316. The fourth-order valence-corrected chi connectivity index (χ4v) is 1.80. The van der Waals surface area contributed by atoms with Crippen molar-refractivity contribution in [2.75, 3.05) is 7.05 Å². The first-order chi connectivity index (χ1) is 9.10. The lowest BCUT2D eigenvalue weighted by atomic mass is 10.2. The predicted octanol–water partition coefficient (Wildman–Crippen LogP) is 3.35. The minimum Gasteiger partial charge on any atom is -0.439 e. The lowest BCUT2D eigenvalue weighted by Gasteiger charge is -2.10. The van der Waals surface area contributed by atoms with E-state index in [1.54, 1.807) is 12.1 Å². The number of hydrogen-bond donors (Lipinski definition) is 1. The van der Waals surface area contributed by atoms with E-state index in [9.17, 15) is 4.39 Å². The molecule has 2 rings (SSSR count). The van der Waals surface area contributed by atoms with Crippen molar-refractivity contribution in [2.45, 2.75) is 20.4 Å². The number of rotatable bonds is 4. The first kappa shape index (κ1) is 13.5. The molecule has 2 aromatic rings. The Bertz CT molecular complexity index is 584. The van der Waals surface area contributed by atoms with Gasteiger partial charge >= 0.3 is 0 Å². The van der Waals surface area contributed by atoms with Gasteiger partial charge in [-0.25, -0.2) is 9.37 Å². The lowest BCUT2D eigenvalue weighted by Crippen LogP contribution is -2.07. The molecule has 0 aliphatic carbocycles. The van der Waals surface area contributed by atoms with Crippen molar-refractivity contribution in [3.8, 4) is 11.6 Å². The van der Waals surface area contributed by atoms with Crippen LogP contribution in [0.25, 0.3) is 0 Å². The topological polar surface area (TPSA) is 34.1 Å². The largest absolute Gasteiger partial charge is 0.439 e. The molecule has 100 valence electrons. The molecule has 0 fully saturated rings. The van der Waals surface area contributed by atoms with Gasteiger partial charge in [0, 0.05) is 24.4 Å². The number of aromatic nitrogens is 1. The van der Waals surface area contributed by atoms with Gasteiger partial charge in [0.05, 0.1) is 0 Å². The van der Waals surface area contributed by atoms with Gasteiger partial charge in [-0.1, -0.05) is 12.1 Å². The van der Waals surface area contributed by atoms with Crippen LogP contribution >= 0.6 is 0 Å². The molecule has 0 atom stereocenters. The van der Waals surface area contributed by atoms with E-state index < -0.39 is 0 Å². The molecule has 0 amide bonds. The normalized spacial score (nSPS) is 10.5. The van der Waals surface area contributed by atoms with Gasteiger partial charge in [-0.05, 0) is 38.1 Å². The van der Waals surface area contributed by atoms with Crippen molar-refractivity contribution < 1.29 is 9.13 Å². The second-order valence-corrected chi connectivity index (χ2v) is 4.44. The SMILES string of the molecule is CNCc1ccc(Oc2cc(F)ccc2C)nc1C. The van der Waals surface area contributed by atoms with Gasteiger partial charge in [0.2, 0.25) is 5.88 Å². The summed E-state index contributed by atoms with van der Waals surface area (Å²) >= 11 is 0.